The number of nitrogens with one attached hydrogen (secondary N) is 1. The SMILES string of the molecule is CCC(C)NC(=O)c1cc(C)ncn1. The summed E-state index contributed by atoms with van der Waals surface area (Å²) in [5.74, 6) is -0.134. The van der Waals surface area contributed by atoms with Crippen molar-refractivity contribution in [2.45, 2.75) is 33.2 Å². The Morgan fingerprint density at radius 1 is 1.57 bits per heavy atom. The normalized spacial score (nSPS) is 12.2. The quantitative estimate of drug-likeness (QED) is 0.787. The maximum atomic E-state index is 11.6. The van der Waals surface area contributed by atoms with Crippen molar-refractivity contribution < 1.29 is 4.79 Å². The lowest BCUT2D eigenvalue weighted by Gasteiger charge is -2.10. The molecule has 1 amide bonds. The Balaban J connectivity index is 2.70. The van der Waals surface area contributed by atoms with Crippen molar-refractivity contribution in [1.82, 2.24) is 15.3 Å². The highest BCUT2D eigenvalue weighted by atomic mass is 16.1. The zero-order valence-corrected chi connectivity index (χ0v) is 8.74. The van der Waals surface area contributed by atoms with Crippen LogP contribution in [0, 0.1) is 6.92 Å². The molecule has 0 spiro atoms. The van der Waals surface area contributed by atoms with Crippen LogP contribution in [0.3, 0.4) is 0 Å². The fourth-order valence-corrected chi connectivity index (χ4v) is 0.979. The molecule has 0 radical (unpaired) electrons. The number of nitrogens with zero attached hydrogens (tertiary/aromatic N) is 2. The molecule has 0 aromatic carbocycles. The number of carbonyl (C=O) groups excluding carboxylic acids is 1. The summed E-state index contributed by atoms with van der Waals surface area (Å²) in [4.78, 5) is 19.4. The van der Waals surface area contributed by atoms with Crippen LogP contribution in [0.2, 0.25) is 0 Å². The second-order valence-electron chi connectivity index (χ2n) is 3.33. The maximum Gasteiger partial charge on any atom is 0.270 e. The summed E-state index contributed by atoms with van der Waals surface area (Å²) in [6.45, 7) is 5.82. The van der Waals surface area contributed by atoms with Gasteiger partial charge in [-0.15, -0.1) is 0 Å². The molecule has 0 fully saturated rings. The van der Waals surface area contributed by atoms with Crippen LogP contribution < -0.4 is 5.32 Å². The molecular formula is C10H15N3O. The van der Waals surface area contributed by atoms with Gasteiger partial charge in [-0.05, 0) is 26.3 Å². The van der Waals surface area contributed by atoms with Crippen LogP contribution in [0.5, 0.6) is 0 Å². The number of carbonyl (C=O) groups is 1. The van der Waals surface area contributed by atoms with E-state index >= 15 is 0 Å². The van der Waals surface area contributed by atoms with Crippen LogP contribution >= 0.6 is 0 Å². The third-order valence-corrected chi connectivity index (χ3v) is 2.03. The van der Waals surface area contributed by atoms with E-state index in [9.17, 15) is 4.79 Å². The van der Waals surface area contributed by atoms with E-state index in [0.29, 0.717) is 5.69 Å². The Kier molecular flexibility index (Phi) is 3.56. The van der Waals surface area contributed by atoms with Gasteiger partial charge in [-0.2, -0.15) is 0 Å². The Morgan fingerprint density at radius 3 is 2.86 bits per heavy atom. The number of hydrogen-bond acceptors (Lipinski definition) is 3. The number of hydrogen-bond donors (Lipinski definition) is 1. The standard InChI is InChI=1S/C10H15N3O/c1-4-7(2)13-10(14)9-5-8(3)11-6-12-9/h5-7H,4H2,1-3H3,(H,13,14). The van der Waals surface area contributed by atoms with Gasteiger partial charge in [0.25, 0.3) is 5.91 Å². The van der Waals surface area contributed by atoms with Crippen molar-refractivity contribution in [2.24, 2.45) is 0 Å². The summed E-state index contributed by atoms with van der Waals surface area (Å²) in [6.07, 6.45) is 2.32. The highest BCUT2D eigenvalue weighted by molar-refractivity contribution is 5.92. The molecule has 0 aliphatic rings. The van der Waals surface area contributed by atoms with Crippen LogP contribution in [0.4, 0.5) is 0 Å². The topological polar surface area (TPSA) is 54.9 Å². The van der Waals surface area contributed by atoms with Gasteiger partial charge >= 0.3 is 0 Å². The van der Waals surface area contributed by atoms with E-state index in [0.717, 1.165) is 12.1 Å². The molecule has 1 aromatic heterocycles. The molecule has 14 heavy (non-hydrogen) atoms. The Labute approximate surface area is 83.8 Å². The Morgan fingerprint density at radius 2 is 2.29 bits per heavy atom. The molecule has 0 saturated carbocycles. The van der Waals surface area contributed by atoms with Crippen molar-refractivity contribution in [1.29, 1.82) is 0 Å². The lowest BCUT2D eigenvalue weighted by Crippen LogP contribution is -2.32. The summed E-state index contributed by atoms with van der Waals surface area (Å²) in [5, 5.41) is 2.84. The number of aromatic nitrogens is 2. The molecule has 76 valence electrons. The first-order valence-corrected chi connectivity index (χ1v) is 4.73. The van der Waals surface area contributed by atoms with Crippen LogP contribution in [0.15, 0.2) is 12.4 Å². The predicted octanol–water partition coefficient (Wildman–Crippen LogP) is 1.31. The molecular weight excluding hydrogens is 178 g/mol. The van der Waals surface area contributed by atoms with E-state index in [1.165, 1.54) is 6.33 Å². The van der Waals surface area contributed by atoms with E-state index in [1.54, 1.807) is 6.07 Å². The number of aryl methyl sites for hydroxylation is 1. The van der Waals surface area contributed by atoms with Gasteiger partial charge in [0, 0.05) is 11.7 Å². The minimum atomic E-state index is -0.134. The lowest BCUT2D eigenvalue weighted by atomic mass is 10.2. The minimum absolute atomic E-state index is 0.134. The van der Waals surface area contributed by atoms with E-state index in [2.05, 4.69) is 15.3 Å². The van der Waals surface area contributed by atoms with Gasteiger partial charge in [0.1, 0.15) is 12.0 Å². The molecule has 4 heteroatoms. The summed E-state index contributed by atoms with van der Waals surface area (Å²) < 4.78 is 0. The summed E-state index contributed by atoms with van der Waals surface area (Å²) in [7, 11) is 0. The Bertz CT molecular complexity index is 325. The second kappa shape index (κ2) is 4.69. The van der Waals surface area contributed by atoms with E-state index < -0.39 is 0 Å². The van der Waals surface area contributed by atoms with Crippen LogP contribution in [0.1, 0.15) is 36.5 Å². The molecule has 4 nitrogen and oxygen atoms in total. The zero-order chi connectivity index (χ0) is 10.6. The van der Waals surface area contributed by atoms with Gasteiger partial charge in [0.05, 0.1) is 0 Å². The van der Waals surface area contributed by atoms with Gasteiger partial charge in [-0.1, -0.05) is 6.92 Å². The van der Waals surface area contributed by atoms with Crippen LogP contribution in [-0.2, 0) is 0 Å². The molecule has 1 aromatic rings. The molecule has 1 rings (SSSR count). The third-order valence-electron chi connectivity index (χ3n) is 2.03. The third kappa shape index (κ3) is 2.80. The van der Waals surface area contributed by atoms with Gasteiger partial charge < -0.3 is 5.32 Å². The predicted molar refractivity (Wildman–Crippen MR) is 54.0 cm³/mol. The van der Waals surface area contributed by atoms with Gasteiger partial charge in [0.15, 0.2) is 0 Å². The van der Waals surface area contributed by atoms with Crippen molar-refractivity contribution in [2.75, 3.05) is 0 Å². The molecule has 0 aliphatic carbocycles. The van der Waals surface area contributed by atoms with Crippen LogP contribution in [-0.4, -0.2) is 21.9 Å². The zero-order valence-electron chi connectivity index (χ0n) is 8.74. The second-order valence-corrected chi connectivity index (χ2v) is 3.33. The first-order chi connectivity index (χ1) is 6.63. The van der Waals surface area contributed by atoms with Crippen molar-refractivity contribution in [3.63, 3.8) is 0 Å². The largest absolute Gasteiger partial charge is 0.348 e. The van der Waals surface area contributed by atoms with Crippen molar-refractivity contribution >= 4 is 5.91 Å². The van der Waals surface area contributed by atoms with Crippen LogP contribution in [0.25, 0.3) is 0 Å². The molecule has 1 heterocycles. The van der Waals surface area contributed by atoms with Gasteiger partial charge in [-0.3, -0.25) is 4.79 Å². The Hall–Kier alpha value is -1.45. The summed E-state index contributed by atoms with van der Waals surface area (Å²) in [5.41, 5.74) is 1.23. The minimum Gasteiger partial charge on any atom is -0.348 e. The summed E-state index contributed by atoms with van der Waals surface area (Å²) >= 11 is 0. The highest BCUT2D eigenvalue weighted by Gasteiger charge is 2.09. The molecule has 0 aliphatic heterocycles. The maximum absolute atomic E-state index is 11.6. The fraction of sp³-hybridized carbons (Fsp3) is 0.500. The molecule has 0 bridgehead atoms. The van der Waals surface area contributed by atoms with Crippen molar-refractivity contribution in [3.8, 4) is 0 Å². The highest BCUT2D eigenvalue weighted by Crippen LogP contribution is 1.98. The summed E-state index contributed by atoms with van der Waals surface area (Å²) in [6, 6.07) is 1.86. The average molecular weight is 193 g/mol. The molecule has 1 N–H and O–H groups in total. The lowest BCUT2D eigenvalue weighted by molar-refractivity contribution is 0.0934. The van der Waals surface area contributed by atoms with E-state index in [-0.39, 0.29) is 11.9 Å². The number of amides is 1. The van der Waals surface area contributed by atoms with E-state index in [4.69, 9.17) is 0 Å². The average Bonchev–Trinajstić information content (AvgIpc) is 2.17. The molecule has 1 unspecified atom stereocenters. The monoisotopic (exact) mass is 193 g/mol. The van der Waals surface area contributed by atoms with E-state index in [1.807, 2.05) is 20.8 Å². The smallest absolute Gasteiger partial charge is 0.270 e. The van der Waals surface area contributed by atoms with Gasteiger partial charge in [0.2, 0.25) is 0 Å². The fourth-order valence-electron chi connectivity index (χ4n) is 0.979. The first kappa shape index (κ1) is 10.6. The molecule has 1 atom stereocenters. The molecule has 0 saturated heterocycles. The number of rotatable bonds is 3. The van der Waals surface area contributed by atoms with Crippen molar-refractivity contribution in [3.05, 3.63) is 23.8 Å². The first-order valence-electron chi connectivity index (χ1n) is 4.73. The van der Waals surface area contributed by atoms with Gasteiger partial charge in [-0.25, -0.2) is 9.97 Å².